The molecule has 0 bridgehead atoms. The Morgan fingerprint density at radius 1 is 1.13 bits per heavy atom. The first-order valence-corrected chi connectivity index (χ1v) is 9.36. The number of nitrogens with one attached hydrogen (secondary N) is 1. The lowest BCUT2D eigenvalue weighted by Crippen LogP contribution is -2.40. The average molecular weight is 402 g/mol. The number of imidazole rings is 1. The highest BCUT2D eigenvalue weighted by Gasteiger charge is 2.49. The molecule has 30 heavy (non-hydrogen) atoms. The first-order valence-electron chi connectivity index (χ1n) is 9.36. The zero-order chi connectivity index (χ0) is 20.9. The molecule has 0 unspecified atom stereocenters. The fourth-order valence-electron chi connectivity index (χ4n) is 3.67. The number of hydrogen-bond donors (Lipinski definition) is 1. The minimum atomic E-state index is -1.20. The summed E-state index contributed by atoms with van der Waals surface area (Å²) in [6.45, 7) is 3.78. The van der Waals surface area contributed by atoms with Crippen molar-refractivity contribution in [1.29, 1.82) is 0 Å². The number of amides is 3. The molecule has 1 atom stereocenters. The van der Waals surface area contributed by atoms with E-state index in [0.717, 1.165) is 11.2 Å². The van der Waals surface area contributed by atoms with Crippen LogP contribution in [0.1, 0.15) is 23.7 Å². The highest BCUT2D eigenvalue weighted by Crippen LogP contribution is 2.30. The maximum Gasteiger partial charge on any atom is 0.325 e. The molecule has 150 valence electrons. The standard InChI is InChI=1S/C20H18N8O2/c1-13-6-7-17-22-15(10-26(17)9-13)11-27-18(29)20(2,23-19(27)30)14-4-3-5-16(8-14)28-12-21-24-25-28/h3-10,12H,11H2,1-2H3,(H,23,30)/t20-/m1/s1. The first kappa shape index (κ1) is 18.0. The van der Waals surface area contributed by atoms with Crippen LogP contribution in [0.3, 0.4) is 0 Å². The SMILES string of the molecule is Cc1ccc2nc(CN3C(=O)N[C@](C)(c4cccc(-n5cnnn5)c4)C3=O)cn2c1. The summed E-state index contributed by atoms with van der Waals surface area (Å²) >= 11 is 0. The topological polar surface area (TPSA) is 110 Å². The van der Waals surface area contributed by atoms with Gasteiger partial charge in [0.15, 0.2) is 0 Å². The zero-order valence-corrected chi connectivity index (χ0v) is 16.4. The van der Waals surface area contributed by atoms with Gasteiger partial charge in [-0.1, -0.05) is 18.2 Å². The lowest BCUT2D eigenvalue weighted by atomic mass is 9.91. The van der Waals surface area contributed by atoms with Crippen LogP contribution in [0.5, 0.6) is 0 Å². The van der Waals surface area contributed by atoms with Crippen molar-refractivity contribution in [1.82, 2.24) is 39.8 Å². The molecule has 1 saturated heterocycles. The summed E-state index contributed by atoms with van der Waals surface area (Å²) in [7, 11) is 0. The molecule has 0 saturated carbocycles. The molecule has 0 aliphatic carbocycles. The van der Waals surface area contributed by atoms with E-state index in [1.165, 1.54) is 15.9 Å². The largest absolute Gasteiger partial charge is 0.325 e. The predicted molar refractivity (Wildman–Crippen MR) is 106 cm³/mol. The van der Waals surface area contributed by atoms with Gasteiger partial charge in [0.05, 0.1) is 17.9 Å². The zero-order valence-electron chi connectivity index (χ0n) is 16.4. The summed E-state index contributed by atoms with van der Waals surface area (Å²) in [5.74, 6) is -0.338. The van der Waals surface area contributed by atoms with Gasteiger partial charge in [0, 0.05) is 12.4 Å². The van der Waals surface area contributed by atoms with Gasteiger partial charge >= 0.3 is 6.03 Å². The monoisotopic (exact) mass is 402 g/mol. The van der Waals surface area contributed by atoms with Crippen molar-refractivity contribution >= 4 is 17.6 Å². The molecule has 4 heterocycles. The van der Waals surface area contributed by atoms with Gasteiger partial charge < -0.3 is 9.72 Å². The number of carbonyl (C=O) groups excluding carboxylic acids is 2. The Morgan fingerprint density at radius 2 is 2.00 bits per heavy atom. The molecule has 5 rings (SSSR count). The minimum absolute atomic E-state index is 0.0909. The van der Waals surface area contributed by atoms with Crippen molar-refractivity contribution in [3.8, 4) is 5.69 Å². The van der Waals surface area contributed by atoms with Gasteiger partial charge in [-0.3, -0.25) is 9.69 Å². The molecule has 1 fully saturated rings. The summed E-state index contributed by atoms with van der Waals surface area (Å²) < 4.78 is 3.38. The third-order valence-corrected chi connectivity index (χ3v) is 5.28. The van der Waals surface area contributed by atoms with Gasteiger partial charge in [-0.2, -0.15) is 0 Å². The molecule has 1 aliphatic heterocycles. The number of rotatable bonds is 4. The smallest absolute Gasteiger partial charge is 0.319 e. The number of aromatic nitrogens is 6. The lowest BCUT2D eigenvalue weighted by Gasteiger charge is -2.22. The second-order valence-corrected chi connectivity index (χ2v) is 7.46. The van der Waals surface area contributed by atoms with Gasteiger partial charge in [-0.05, 0) is 53.6 Å². The number of benzene rings is 1. The van der Waals surface area contributed by atoms with Crippen LogP contribution in [0.2, 0.25) is 0 Å². The molecule has 3 aromatic heterocycles. The van der Waals surface area contributed by atoms with E-state index in [4.69, 9.17) is 0 Å². The van der Waals surface area contributed by atoms with Crippen LogP contribution in [-0.2, 0) is 16.9 Å². The molecule has 0 spiro atoms. The highest BCUT2D eigenvalue weighted by atomic mass is 16.2. The van der Waals surface area contributed by atoms with Crippen molar-refractivity contribution in [3.05, 3.63) is 71.9 Å². The molecule has 1 aliphatic rings. The second kappa shape index (κ2) is 6.48. The van der Waals surface area contributed by atoms with Crippen LogP contribution in [0.25, 0.3) is 11.3 Å². The quantitative estimate of drug-likeness (QED) is 0.519. The number of pyridine rings is 1. The molecule has 3 amide bonds. The van der Waals surface area contributed by atoms with E-state index < -0.39 is 11.6 Å². The van der Waals surface area contributed by atoms with Crippen LogP contribution >= 0.6 is 0 Å². The molecule has 1 N–H and O–H groups in total. The Hall–Kier alpha value is -4.08. The molecule has 1 aromatic carbocycles. The third kappa shape index (κ3) is 2.81. The number of nitrogens with zero attached hydrogens (tertiary/aromatic N) is 7. The summed E-state index contributed by atoms with van der Waals surface area (Å²) in [4.78, 5) is 31.7. The molecular weight excluding hydrogens is 384 g/mol. The number of aryl methyl sites for hydroxylation is 1. The van der Waals surface area contributed by atoms with Crippen LogP contribution in [0, 0.1) is 6.92 Å². The van der Waals surface area contributed by atoms with Crippen LogP contribution in [-0.4, -0.2) is 46.4 Å². The van der Waals surface area contributed by atoms with E-state index in [2.05, 4.69) is 25.8 Å². The third-order valence-electron chi connectivity index (χ3n) is 5.28. The molecule has 10 heteroatoms. The molecule has 0 radical (unpaired) electrons. The second-order valence-electron chi connectivity index (χ2n) is 7.46. The van der Waals surface area contributed by atoms with Gasteiger partial charge in [0.2, 0.25) is 0 Å². The molecule has 10 nitrogen and oxygen atoms in total. The normalized spacial score (nSPS) is 18.9. The van der Waals surface area contributed by atoms with Crippen LogP contribution in [0.15, 0.2) is 55.1 Å². The van der Waals surface area contributed by atoms with Crippen molar-refractivity contribution in [2.75, 3.05) is 0 Å². The van der Waals surface area contributed by atoms with Gasteiger partial charge in [-0.15, -0.1) is 5.10 Å². The summed E-state index contributed by atoms with van der Waals surface area (Å²) in [5.41, 5.74) is 2.63. The summed E-state index contributed by atoms with van der Waals surface area (Å²) in [5, 5.41) is 14.0. The number of imide groups is 1. The summed E-state index contributed by atoms with van der Waals surface area (Å²) in [6, 6.07) is 10.6. The van der Waals surface area contributed by atoms with E-state index in [1.807, 2.05) is 41.9 Å². The Kier molecular flexibility index (Phi) is 3.88. The predicted octanol–water partition coefficient (Wildman–Crippen LogP) is 1.59. The minimum Gasteiger partial charge on any atom is -0.319 e. The molecular formula is C20H18N8O2. The summed E-state index contributed by atoms with van der Waals surface area (Å²) in [6.07, 6.45) is 5.25. The van der Waals surface area contributed by atoms with Crippen molar-refractivity contribution in [3.63, 3.8) is 0 Å². The first-order chi connectivity index (χ1) is 14.4. The van der Waals surface area contributed by atoms with E-state index in [9.17, 15) is 9.59 Å². The number of hydrogen-bond acceptors (Lipinski definition) is 6. The van der Waals surface area contributed by atoms with Gasteiger partial charge in [0.1, 0.15) is 17.5 Å². The van der Waals surface area contributed by atoms with Gasteiger partial charge in [-0.25, -0.2) is 14.5 Å². The number of urea groups is 1. The Morgan fingerprint density at radius 3 is 2.80 bits per heavy atom. The van der Waals surface area contributed by atoms with Crippen molar-refractivity contribution < 1.29 is 9.59 Å². The number of tetrazole rings is 1. The highest BCUT2D eigenvalue weighted by molar-refractivity contribution is 6.07. The average Bonchev–Trinajstić information content (AvgIpc) is 3.44. The fourth-order valence-corrected chi connectivity index (χ4v) is 3.67. The van der Waals surface area contributed by atoms with Crippen LogP contribution < -0.4 is 5.32 Å². The van der Waals surface area contributed by atoms with Crippen molar-refractivity contribution in [2.45, 2.75) is 25.9 Å². The number of carbonyl (C=O) groups is 2. The number of fused-ring (bicyclic) bond motifs is 1. The lowest BCUT2D eigenvalue weighted by molar-refractivity contribution is -0.131. The van der Waals surface area contributed by atoms with Crippen molar-refractivity contribution in [2.24, 2.45) is 0 Å². The van der Waals surface area contributed by atoms with Crippen LogP contribution in [0.4, 0.5) is 4.79 Å². The van der Waals surface area contributed by atoms with E-state index >= 15 is 0 Å². The Labute approximate surface area is 171 Å². The Balaban J connectivity index is 1.45. The fraction of sp³-hybridized carbons (Fsp3) is 0.200. The molecule has 4 aromatic rings. The Bertz CT molecular complexity index is 1280. The maximum absolute atomic E-state index is 13.3. The maximum atomic E-state index is 13.3. The van der Waals surface area contributed by atoms with Gasteiger partial charge in [0.25, 0.3) is 5.91 Å². The van der Waals surface area contributed by atoms with E-state index in [1.54, 1.807) is 25.1 Å². The van der Waals surface area contributed by atoms with E-state index in [0.29, 0.717) is 16.9 Å². The van der Waals surface area contributed by atoms with E-state index in [-0.39, 0.29) is 12.5 Å².